The minimum atomic E-state index is -4.57. The van der Waals surface area contributed by atoms with Crippen LogP contribution in [0.4, 0.5) is 13.2 Å². The van der Waals surface area contributed by atoms with Gasteiger partial charge in [-0.25, -0.2) is 0 Å². The number of rotatable bonds is 8. The average Bonchev–Trinajstić information content (AvgIpc) is 3.14. The average molecular weight is 440 g/mol. The molecule has 0 saturated heterocycles. The van der Waals surface area contributed by atoms with Crippen molar-refractivity contribution in [2.75, 3.05) is 13.2 Å². The summed E-state index contributed by atoms with van der Waals surface area (Å²) in [6.07, 6.45) is 2.72. The summed E-state index contributed by atoms with van der Waals surface area (Å²) in [6.45, 7) is 2.92. The molecule has 30 heavy (non-hydrogen) atoms. The summed E-state index contributed by atoms with van der Waals surface area (Å²) in [5.41, 5.74) is 0.542. The van der Waals surface area contributed by atoms with Gasteiger partial charge in [0.15, 0.2) is 11.3 Å². The molecule has 0 amide bonds. The fraction of sp³-hybridized carbons (Fsp3) is 0.429. The maximum absolute atomic E-state index is 13.1. The van der Waals surface area contributed by atoms with E-state index in [1.165, 1.54) is 6.07 Å². The number of halogens is 4. The van der Waals surface area contributed by atoms with Crippen LogP contribution in [-0.4, -0.2) is 23.7 Å². The number of aryl methyl sites for hydroxylation is 1. The number of allylic oxidation sites excluding steroid dienone is 3. The number of alkyl halides is 4. The molecule has 1 aliphatic rings. The van der Waals surface area contributed by atoms with Gasteiger partial charge in [-0.3, -0.25) is 0 Å². The van der Waals surface area contributed by atoms with Gasteiger partial charge in [-0.15, -0.1) is 11.6 Å². The third-order valence-corrected chi connectivity index (χ3v) is 5.09. The summed E-state index contributed by atoms with van der Waals surface area (Å²) >= 11 is 6.12. The lowest BCUT2D eigenvalue weighted by Crippen LogP contribution is -2.21. The SMILES string of the molecule is CCCc1c(OCCCNC2=CC(Cl)C(C#N)C=C2)ccc2c(C(F)(F)F)noc12. The van der Waals surface area contributed by atoms with Gasteiger partial charge in [0.05, 0.1) is 29.4 Å². The number of hydrogen-bond acceptors (Lipinski definition) is 5. The first-order chi connectivity index (χ1) is 14.3. The number of nitrogens with zero attached hydrogens (tertiary/aromatic N) is 2. The second kappa shape index (κ2) is 9.43. The van der Waals surface area contributed by atoms with E-state index < -0.39 is 11.9 Å². The largest absolute Gasteiger partial charge is 0.493 e. The van der Waals surface area contributed by atoms with E-state index >= 15 is 0 Å². The zero-order valence-electron chi connectivity index (χ0n) is 16.3. The first-order valence-corrected chi connectivity index (χ1v) is 10.1. The normalized spacial score (nSPS) is 18.9. The van der Waals surface area contributed by atoms with Crippen LogP contribution in [0.2, 0.25) is 0 Å². The Hall–Kier alpha value is -2.66. The van der Waals surface area contributed by atoms with E-state index in [9.17, 15) is 13.2 Å². The number of hydrogen-bond donors (Lipinski definition) is 1. The molecule has 0 radical (unpaired) electrons. The van der Waals surface area contributed by atoms with Crippen molar-refractivity contribution in [2.24, 2.45) is 5.92 Å². The zero-order chi connectivity index (χ0) is 21.7. The van der Waals surface area contributed by atoms with E-state index in [1.54, 1.807) is 18.2 Å². The standard InChI is InChI=1S/C21H21ClF3N3O2/c1-2-4-15-18(8-7-16-19(15)30-28-20(16)21(23,24)25)29-10-3-9-27-14-6-5-13(12-26)17(22)11-14/h5-8,11,13,17,27H,2-4,9-10H2,1H3. The molecule has 9 heteroatoms. The molecule has 2 aromatic rings. The lowest BCUT2D eigenvalue weighted by molar-refractivity contribution is -0.141. The molecule has 1 aromatic carbocycles. The van der Waals surface area contributed by atoms with Crippen molar-refractivity contribution in [1.29, 1.82) is 5.26 Å². The van der Waals surface area contributed by atoms with Crippen molar-refractivity contribution in [1.82, 2.24) is 10.5 Å². The number of benzene rings is 1. The minimum absolute atomic E-state index is 0.0534. The number of aromatic nitrogens is 1. The predicted molar refractivity (Wildman–Crippen MR) is 107 cm³/mol. The van der Waals surface area contributed by atoms with Crippen molar-refractivity contribution in [3.8, 4) is 11.8 Å². The number of ether oxygens (including phenoxy) is 1. The number of fused-ring (bicyclic) bond motifs is 1. The molecule has 0 bridgehead atoms. The van der Waals surface area contributed by atoms with Crippen molar-refractivity contribution in [3.63, 3.8) is 0 Å². The van der Waals surface area contributed by atoms with Crippen molar-refractivity contribution >= 4 is 22.6 Å². The fourth-order valence-electron chi connectivity index (χ4n) is 3.23. The molecular formula is C21H21ClF3N3O2. The van der Waals surface area contributed by atoms with E-state index in [4.69, 9.17) is 26.1 Å². The highest BCUT2D eigenvalue weighted by molar-refractivity contribution is 6.22. The Labute approximate surface area is 177 Å². The molecule has 160 valence electrons. The van der Waals surface area contributed by atoms with Crippen LogP contribution in [0.25, 0.3) is 11.0 Å². The summed E-state index contributed by atoms with van der Waals surface area (Å²) in [4.78, 5) is 0. The topological polar surface area (TPSA) is 71.1 Å². The van der Waals surface area contributed by atoms with Gasteiger partial charge >= 0.3 is 6.18 Å². The van der Waals surface area contributed by atoms with Gasteiger partial charge in [-0.05, 0) is 37.1 Å². The lowest BCUT2D eigenvalue weighted by atomic mass is 10.0. The molecular weight excluding hydrogens is 419 g/mol. The Morgan fingerprint density at radius 1 is 1.37 bits per heavy atom. The number of nitriles is 1. The molecule has 0 aliphatic heterocycles. The Balaban J connectivity index is 1.60. The first kappa shape index (κ1) is 22.0. The van der Waals surface area contributed by atoms with Gasteiger partial charge in [0.25, 0.3) is 0 Å². The summed E-state index contributed by atoms with van der Waals surface area (Å²) < 4.78 is 50.1. The quantitative estimate of drug-likeness (QED) is 0.443. The Bertz CT molecular complexity index is 992. The van der Waals surface area contributed by atoms with Gasteiger partial charge in [0, 0.05) is 17.8 Å². The van der Waals surface area contributed by atoms with Gasteiger partial charge in [0.1, 0.15) is 5.75 Å². The van der Waals surface area contributed by atoms with Gasteiger partial charge in [-0.2, -0.15) is 18.4 Å². The molecule has 2 unspecified atom stereocenters. The van der Waals surface area contributed by atoms with E-state index in [1.807, 2.05) is 13.0 Å². The molecule has 1 aliphatic carbocycles. The van der Waals surface area contributed by atoms with Crippen LogP contribution in [0.15, 0.2) is 40.6 Å². The molecule has 2 atom stereocenters. The molecule has 5 nitrogen and oxygen atoms in total. The van der Waals surface area contributed by atoms with Crippen LogP contribution < -0.4 is 10.1 Å². The molecule has 0 spiro atoms. The van der Waals surface area contributed by atoms with E-state index in [2.05, 4.69) is 16.5 Å². The summed E-state index contributed by atoms with van der Waals surface area (Å²) in [5, 5.41) is 15.0. The number of nitrogens with one attached hydrogen (secondary N) is 1. The second-order valence-electron chi connectivity index (χ2n) is 6.91. The summed E-state index contributed by atoms with van der Waals surface area (Å²) in [6, 6.07) is 5.00. The van der Waals surface area contributed by atoms with Crippen LogP contribution in [0.5, 0.6) is 5.75 Å². The van der Waals surface area contributed by atoms with Crippen LogP contribution >= 0.6 is 11.6 Å². The van der Waals surface area contributed by atoms with E-state index in [-0.39, 0.29) is 22.3 Å². The second-order valence-corrected chi connectivity index (χ2v) is 7.41. The highest BCUT2D eigenvalue weighted by atomic mass is 35.5. The minimum Gasteiger partial charge on any atom is -0.493 e. The smallest absolute Gasteiger partial charge is 0.437 e. The first-order valence-electron chi connectivity index (χ1n) is 9.64. The third kappa shape index (κ3) is 4.90. The predicted octanol–water partition coefficient (Wildman–Crippen LogP) is 5.36. The monoisotopic (exact) mass is 439 g/mol. The Kier molecular flexibility index (Phi) is 6.93. The lowest BCUT2D eigenvalue weighted by Gasteiger charge is -2.17. The Morgan fingerprint density at radius 2 is 2.17 bits per heavy atom. The molecule has 1 heterocycles. The maximum Gasteiger partial charge on any atom is 0.437 e. The van der Waals surface area contributed by atoms with Gasteiger partial charge in [0.2, 0.25) is 0 Å². The van der Waals surface area contributed by atoms with Crippen LogP contribution in [-0.2, 0) is 12.6 Å². The van der Waals surface area contributed by atoms with E-state index in [0.717, 1.165) is 12.1 Å². The van der Waals surface area contributed by atoms with Crippen molar-refractivity contribution in [2.45, 2.75) is 37.7 Å². The fourth-order valence-corrected chi connectivity index (χ4v) is 3.51. The molecule has 3 rings (SSSR count). The summed E-state index contributed by atoms with van der Waals surface area (Å²) in [5.74, 6) is 0.171. The molecule has 1 aromatic heterocycles. The van der Waals surface area contributed by atoms with Gasteiger partial charge in [-0.1, -0.05) is 24.6 Å². The maximum atomic E-state index is 13.1. The van der Waals surface area contributed by atoms with Crippen LogP contribution in [0.1, 0.15) is 31.0 Å². The molecule has 0 fully saturated rings. The summed E-state index contributed by atoms with van der Waals surface area (Å²) in [7, 11) is 0. The Morgan fingerprint density at radius 3 is 2.83 bits per heavy atom. The van der Waals surface area contributed by atoms with Crippen molar-refractivity contribution in [3.05, 3.63) is 47.3 Å². The zero-order valence-corrected chi connectivity index (χ0v) is 17.1. The van der Waals surface area contributed by atoms with Crippen LogP contribution in [0, 0.1) is 17.2 Å². The molecule has 1 N–H and O–H groups in total. The highest BCUT2D eigenvalue weighted by Crippen LogP contribution is 2.38. The highest BCUT2D eigenvalue weighted by Gasteiger charge is 2.37. The van der Waals surface area contributed by atoms with Crippen LogP contribution in [0.3, 0.4) is 0 Å². The van der Waals surface area contributed by atoms with Crippen molar-refractivity contribution < 1.29 is 22.4 Å². The third-order valence-electron chi connectivity index (χ3n) is 4.69. The van der Waals surface area contributed by atoms with Gasteiger partial charge < -0.3 is 14.6 Å². The molecule has 0 saturated carbocycles. The van der Waals surface area contributed by atoms with E-state index in [0.29, 0.717) is 37.3 Å².